The zero-order valence-corrected chi connectivity index (χ0v) is 17.9. The van der Waals surface area contributed by atoms with Crippen molar-refractivity contribution in [1.29, 1.82) is 5.26 Å². The van der Waals surface area contributed by atoms with Crippen LogP contribution in [0.5, 0.6) is 5.75 Å². The largest absolute Gasteiger partial charge is 0.488 e. The van der Waals surface area contributed by atoms with E-state index in [1.165, 1.54) is 0 Å². The summed E-state index contributed by atoms with van der Waals surface area (Å²) in [5.41, 5.74) is 7.73. The van der Waals surface area contributed by atoms with E-state index >= 15 is 0 Å². The number of benzene rings is 3. The van der Waals surface area contributed by atoms with E-state index in [4.69, 9.17) is 9.72 Å². The van der Waals surface area contributed by atoms with E-state index in [9.17, 15) is 10.4 Å². The number of aliphatic hydroxyl groups excluding tert-OH is 1. The molecule has 0 saturated heterocycles. The van der Waals surface area contributed by atoms with Crippen LogP contribution in [0, 0.1) is 11.3 Å². The summed E-state index contributed by atoms with van der Waals surface area (Å²) in [5.74, 6) is 1.66. The molecule has 2 heterocycles. The SMILES string of the molecule is CC(C#N)=C1c2ccc(Cn3c(CCO)nc4ccccc43)cc2COc2ccccc21. The van der Waals surface area contributed by atoms with Crippen molar-refractivity contribution in [3.05, 3.63) is 100 Å². The third-order valence-corrected chi connectivity index (χ3v) is 5.93. The normalized spacial score (nSPS) is 14.2. The maximum atomic E-state index is 9.66. The van der Waals surface area contributed by atoms with Gasteiger partial charge in [-0.05, 0) is 47.9 Å². The molecule has 0 saturated carbocycles. The zero-order valence-electron chi connectivity index (χ0n) is 17.9. The van der Waals surface area contributed by atoms with E-state index in [2.05, 4.69) is 34.9 Å². The summed E-state index contributed by atoms with van der Waals surface area (Å²) in [6, 6.07) is 24.6. The van der Waals surface area contributed by atoms with Gasteiger partial charge >= 0.3 is 0 Å². The molecule has 4 aromatic rings. The number of rotatable bonds is 4. The van der Waals surface area contributed by atoms with Gasteiger partial charge in [-0.15, -0.1) is 0 Å². The van der Waals surface area contributed by atoms with Gasteiger partial charge in [0.2, 0.25) is 0 Å². The van der Waals surface area contributed by atoms with Crippen LogP contribution >= 0.6 is 0 Å². The lowest BCUT2D eigenvalue weighted by atomic mass is 9.90. The monoisotopic (exact) mass is 421 g/mol. The molecule has 0 unspecified atom stereocenters. The van der Waals surface area contributed by atoms with Gasteiger partial charge in [-0.1, -0.05) is 42.5 Å². The number of imidazole rings is 1. The number of ether oxygens (including phenoxy) is 1. The second-order valence-corrected chi connectivity index (χ2v) is 7.96. The fourth-order valence-corrected chi connectivity index (χ4v) is 4.44. The summed E-state index contributed by atoms with van der Waals surface area (Å²) in [4.78, 5) is 4.71. The number of hydrogen-bond donors (Lipinski definition) is 1. The molecule has 158 valence electrons. The standard InChI is InChI=1S/C27H23N3O2/c1-18(15-28)27-21-11-10-19(14-20(21)17-32-25-9-5-2-6-22(25)27)16-30-24-8-4-3-7-23(24)29-26(30)12-13-31/h2-11,14,31H,12-13,16-17H2,1H3. The molecule has 0 radical (unpaired) electrons. The second-order valence-electron chi connectivity index (χ2n) is 7.96. The first-order valence-corrected chi connectivity index (χ1v) is 10.7. The molecule has 1 aliphatic heterocycles. The highest BCUT2D eigenvalue weighted by Crippen LogP contribution is 2.38. The van der Waals surface area contributed by atoms with Gasteiger partial charge in [0.1, 0.15) is 18.2 Å². The van der Waals surface area contributed by atoms with E-state index in [1.54, 1.807) is 0 Å². The number of hydrogen-bond acceptors (Lipinski definition) is 4. The van der Waals surface area contributed by atoms with Gasteiger partial charge in [0, 0.05) is 29.7 Å². The van der Waals surface area contributed by atoms with Crippen molar-refractivity contribution < 1.29 is 9.84 Å². The summed E-state index contributed by atoms with van der Waals surface area (Å²) < 4.78 is 8.29. The number of nitriles is 1. The molecule has 1 aromatic heterocycles. The molecule has 5 nitrogen and oxygen atoms in total. The predicted molar refractivity (Wildman–Crippen MR) is 124 cm³/mol. The number of nitrogens with zero attached hydrogens (tertiary/aromatic N) is 3. The lowest BCUT2D eigenvalue weighted by Gasteiger charge is -2.14. The summed E-state index contributed by atoms with van der Waals surface area (Å²) in [7, 11) is 0. The van der Waals surface area contributed by atoms with Crippen molar-refractivity contribution >= 4 is 16.6 Å². The third kappa shape index (κ3) is 3.45. The molecular weight excluding hydrogens is 398 g/mol. The van der Waals surface area contributed by atoms with Crippen LogP contribution in [0.4, 0.5) is 0 Å². The lowest BCUT2D eigenvalue weighted by molar-refractivity contribution is 0.295. The Morgan fingerprint density at radius 2 is 1.91 bits per heavy atom. The topological polar surface area (TPSA) is 71.1 Å². The van der Waals surface area contributed by atoms with Crippen molar-refractivity contribution in [1.82, 2.24) is 9.55 Å². The molecule has 0 bridgehead atoms. The summed E-state index contributed by atoms with van der Waals surface area (Å²) in [5, 5.41) is 19.2. The average molecular weight is 422 g/mol. The first-order chi connectivity index (χ1) is 15.7. The molecule has 0 aliphatic carbocycles. The Morgan fingerprint density at radius 3 is 2.75 bits per heavy atom. The van der Waals surface area contributed by atoms with Crippen molar-refractivity contribution in [3.63, 3.8) is 0 Å². The first kappa shape index (κ1) is 20.0. The Hall–Kier alpha value is -3.88. The maximum Gasteiger partial charge on any atom is 0.127 e. The minimum absolute atomic E-state index is 0.0567. The summed E-state index contributed by atoms with van der Waals surface area (Å²) in [6.07, 6.45) is 0.506. The van der Waals surface area contributed by atoms with Crippen LogP contribution in [-0.4, -0.2) is 21.3 Å². The number of allylic oxidation sites excluding steroid dienone is 1. The molecule has 0 fully saturated rings. The van der Waals surface area contributed by atoms with Crippen LogP contribution in [0.2, 0.25) is 0 Å². The smallest absolute Gasteiger partial charge is 0.127 e. The molecule has 3 aromatic carbocycles. The van der Waals surface area contributed by atoms with Crippen molar-refractivity contribution in [2.75, 3.05) is 6.61 Å². The van der Waals surface area contributed by atoms with Gasteiger partial charge in [0.05, 0.1) is 23.7 Å². The highest BCUT2D eigenvalue weighted by Gasteiger charge is 2.21. The minimum atomic E-state index is 0.0567. The molecule has 5 rings (SSSR count). The van der Waals surface area contributed by atoms with Gasteiger partial charge in [0.25, 0.3) is 0 Å². The summed E-state index contributed by atoms with van der Waals surface area (Å²) in [6.45, 7) is 3.00. The Bertz CT molecular complexity index is 1390. The highest BCUT2D eigenvalue weighted by molar-refractivity contribution is 5.88. The molecule has 1 aliphatic rings. The number of para-hydroxylation sites is 3. The van der Waals surface area contributed by atoms with Crippen molar-refractivity contribution in [2.24, 2.45) is 0 Å². The molecule has 5 heteroatoms. The fraction of sp³-hybridized carbons (Fsp3) is 0.185. The van der Waals surface area contributed by atoms with Crippen LogP contribution in [0.25, 0.3) is 16.6 Å². The van der Waals surface area contributed by atoms with Crippen LogP contribution in [-0.2, 0) is 19.6 Å². The molecule has 0 spiro atoms. The van der Waals surface area contributed by atoms with Gasteiger partial charge in [-0.25, -0.2) is 4.98 Å². The van der Waals surface area contributed by atoms with E-state index in [0.29, 0.717) is 25.1 Å². The Labute approximate surface area is 186 Å². The van der Waals surface area contributed by atoms with Gasteiger partial charge in [-0.3, -0.25) is 0 Å². The Morgan fingerprint density at radius 1 is 1.09 bits per heavy atom. The molecule has 0 atom stereocenters. The van der Waals surface area contributed by atoms with Gasteiger partial charge < -0.3 is 14.4 Å². The third-order valence-electron chi connectivity index (χ3n) is 5.93. The number of aromatic nitrogens is 2. The quantitative estimate of drug-likeness (QED) is 0.478. The second kappa shape index (κ2) is 8.33. The van der Waals surface area contributed by atoms with E-state index in [0.717, 1.165) is 50.4 Å². The zero-order chi connectivity index (χ0) is 22.1. The van der Waals surface area contributed by atoms with E-state index in [1.807, 2.05) is 49.4 Å². The van der Waals surface area contributed by atoms with Gasteiger partial charge in [0.15, 0.2) is 0 Å². The fourth-order valence-electron chi connectivity index (χ4n) is 4.44. The van der Waals surface area contributed by atoms with E-state index < -0.39 is 0 Å². The molecule has 32 heavy (non-hydrogen) atoms. The number of fused-ring (bicyclic) bond motifs is 3. The highest BCUT2D eigenvalue weighted by atomic mass is 16.5. The minimum Gasteiger partial charge on any atom is -0.488 e. The molecule has 0 amide bonds. The average Bonchev–Trinajstić information content (AvgIpc) is 3.07. The van der Waals surface area contributed by atoms with Gasteiger partial charge in [-0.2, -0.15) is 5.26 Å². The summed E-state index contributed by atoms with van der Waals surface area (Å²) >= 11 is 0. The van der Waals surface area contributed by atoms with Crippen LogP contribution < -0.4 is 4.74 Å². The molecule has 1 N–H and O–H groups in total. The van der Waals surface area contributed by atoms with E-state index in [-0.39, 0.29) is 6.61 Å². The van der Waals surface area contributed by atoms with Crippen molar-refractivity contribution in [3.8, 4) is 11.8 Å². The maximum absolute atomic E-state index is 9.66. The lowest BCUT2D eigenvalue weighted by Crippen LogP contribution is -2.08. The number of aliphatic hydroxyl groups is 1. The van der Waals surface area contributed by atoms with Crippen LogP contribution in [0.3, 0.4) is 0 Å². The van der Waals surface area contributed by atoms with Crippen LogP contribution in [0.15, 0.2) is 72.3 Å². The molecular formula is C27H23N3O2. The predicted octanol–water partition coefficient (Wildman–Crippen LogP) is 4.86. The first-order valence-electron chi connectivity index (χ1n) is 10.7. The van der Waals surface area contributed by atoms with Crippen molar-refractivity contribution in [2.45, 2.75) is 26.5 Å². The Balaban J connectivity index is 1.60. The Kier molecular flexibility index (Phi) is 5.22. The van der Waals surface area contributed by atoms with Crippen LogP contribution in [0.1, 0.15) is 35.0 Å².